The van der Waals surface area contributed by atoms with E-state index in [2.05, 4.69) is 20.7 Å². The van der Waals surface area contributed by atoms with Crippen LogP contribution in [0, 0.1) is 0 Å². The second kappa shape index (κ2) is 7.25. The summed E-state index contributed by atoms with van der Waals surface area (Å²) in [6.45, 7) is 0. The molecule has 1 aromatic heterocycles. The van der Waals surface area contributed by atoms with Crippen LogP contribution in [0.2, 0.25) is 0 Å². The summed E-state index contributed by atoms with van der Waals surface area (Å²) >= 11 is 5.97. The second-order valence-corrected chi connectivity index (χ2v) is 4.63. The van der Waals surface area contributed by atoms with Crippen molar-refractivity contribution in [1.29, 1.82) is 0 Å². The van der Waals surface area contributed by atoms with Gasteiger partial charge in [0.05, 0.1) is 17.7 Å². The molecular formula is C14H13ClN4O2. The molecule has 0 aliphatic heterocycles. The summed E-state index contributed by atoms with van der Waals surface area (Å²) in [6.07, 6.45) is 3.09. The number of hydrogen-bond acceptors (Lipinski definition) is 3. The zero-order valence-corrected chi connectivity index (χ0v) is 11.7. The molecule has 3 N–H and O–H groups in total. The number of allylic oxidation sites excluding steroid dienone is 1. The topological polar surface area (TPSA) is 90.1 Å². The number of amides is 1. The molecule has 21 heavy (non-hydrogen) atoms. The summed E-state index contributed by atoms with van der Waals surface area (Å²) in [7, 11) is 0. The molecule has 0 spiro atoms. The average molecular weight is 305 g/mol. The molecule has 0 bridgehead atoms. The third-order valence-electron chi connectivity index (χ3n) is 2.48. The molecule has 0 unspecified atom stereocenters. The summed E-state index contributed by atoms with van der Waals surface area (Å²) in [5.41, 5.74) is 3.46. The van der Waals surface area contributed by atoms with Crippen LogP contribution >= 0.6 is 11.6 Å². The van der Waals surface area contributed by atoms with Crippen LogP contribution in [0.5, 0.6) is 0 Å². The van der Waals surface area contributed by atoms with Crippen LogP contribution in [0.15, 0.2) is 51.3 Å². The second-order valence-electron chi connectivity index (χ2n) is 4.19. The fraction of sp³-hybridized carbons (Fsp3) is 0.0714. The molecule has 0 atom stereocenters. The number of nitrogens with zero attached hydrogens (tertiary/aromatic N) is 1. The molecule has 2 rings (SSSR count). The fourth-order valence-electron chi connectivity index (χ4n) is 1.59. The zero-order chi connectivity index (χ0) is 15.1. The molecular weight excluding hydrogens is 292 g/mol. The van der Waals surface area contributed by atoms with Crippen molar-refractivity contribution in [1.82, 2.24) is 15.6 Å². The lowest BCUT2D eigenvalue weighted by atomic mass is 10.2. The van der Waals surface area contributed by atoms with E-state index in [0.29, 0.717) is 10.7 Å². The Labute approximate surface area is 125 Å². The minimum Gasteiger partial charge on any atom is -0.302 e. The van der Waals surface area contributed by atoms with Crippen molar-refractivity contribution in [3.8, 4) is 0 Å². The standard InChI is InChI=1S/C14H13ClN4O2/c15-11(6-10-4-2-1-3-5-10)9-16-18-13(20)7-12-8-14(21)19-17-12/h1-6,8-9H,7H2,(H,18,20)(H2,17,19,21)/b11-6-,16-9-. The lowest BCUT2D eigenvalue weighted by Gasteiger charge is -1.97. The molecule has 1 aromatic carbocycles. The summed E-state index contributed by atoms with van der Waals surface area (Å²) < 4.78 is 0. The van der Waals surface area contributed by atoms with Crippen molar-refractivity contribution in [3.05, 3.63) is 63.0 Å². The van der Waals surface area contributed by atoms with Crippen molar-refractivity contribution in [3.63, 3.8) is 0 Å². The highest BCUT2D eigenvalue weighted by Gasteiger charge is 2.03. The average Bonchev–Trinajstić information content (AvgIpc) is 2.85. The van der Waals surface area contributed by atoms with Gasteiger partial charge in [-0.2, -0.15) is 5.10 Å². The highest BCUT2D eigenvalue weighted by atomic mass is 35.5. The first-order chi connectivity index (χ1) is 10.1. The number of nitrogens with one attached hydrogen (secondary N) is 3. The van der Waals surface area contributed by atoms with Crippen molar-refractivity contribution >= 4 is 29.8 Å². The number of benzene rings is 1. The van der Waals surface area contributed by atoms with Gasteiger partial charge >= 0.3 is 0 Å². The van der Waals surface area contributed by atoms with Crippen LogP contribution < -0.4 is 11.0 Å². The Bertz CT molecular complexity index is 716. The predicted octanol–water partition coefficient (Wildman–Crippen LogP) is 1.63. The summed E-state index contributed by atoms with van der Waals surface area (Å²) in [4.78, 5) is 22.4. The predicted molar refractivity (Wildman–Crippen MR) is 82.0 cm³/mol. The fourth-order valence-corrected chi connectivity index (χ4v) is 1.77. The third-order valence-corrected chi connectivity index (χ3v) is 2.69. The Morgan fingerprint density at radius 2 is 2.05 bits per heavy atom. The molecule has 0 aliphatic carbocycles. The summed E-state index contributed by atoms with van der Waals surface area (Å²) in [5, 5.41) is 9.06. The molecule has 0 fully saturated rings. The highest BCUT2D eigenvalue weighted by molar-refractivity contribution is 6.41. The molecule has 0 aliphatic rings. The van der Waals surface area contributed by atoms with Gasteiger partial charge in [-0.15, -0.1) is 0 Å². The van der Waals surface area contributed by atoms with Crippen LogP contribution in [0.1, 0.15) is 11.3 Å². The van der Waals surface area contributed by atoms with Gasteiger partial charge in [-0.25, -0.2) is 5.43 Å². The SMILES string of the molecule is O=C(Cc1cc(=O)[nH][nH]1)N/N=C\C(Cl)=C\c1ccccc1. The summed E-state index contributed by atoms with van der Waals surface area (Å²) in [6, 6.07) is 10.8. The maximum absolute atomic E-state index is 11.5. The number of halogens is 1. The molecule has 0 saturated carbocycles. The number of carbonyl (C=O) groups excluding carboxylic acids is 1. The number of aromatic nitrogens is 2. The first-order valence-electron chi connectivity index (χ1n) is 6.14. The van der Waals surface area contributed by atoms with E-state index >= 15 is 0 Å². The minimum atomic E-state index is -0.356. The number of hydrazone groups is 1. The molecule has 108 valence electrons. The molecule has 1 amide bonds. The van der Waals surface area contributed by atoms with E-state index in [4.69, 9.17) is 11.6 Å². The van der Waals surface area contributed by atoms with E-state index in [-0.39, 0.29) is 17.9 Å². The van der Waals surface area contributed by atoms with Crippen molar-refractivity contribution in [2.24, 2.45) is 5.10 Å². The number of H-pyrrole nitrogens is 2. The van der Waals surface area contributed by atoms with Gasteiger partial charge in [-0.05, 0) is 11.6 Å². The van der Waals surface area contributed by atoms with Crippen LogP contribution in [0.25, 0.3) is 6.08 Å². The normalized spacial score (nSPS) is 11.8. The van der Waals surface area contributed by atoms with E-state index < -0.39 is 0 Å². The van der Waals surface area contributed by atoms with E-state index in [1.807, 2.05) is 30.3 Å². The molecule has 1 heterocycles. The van der Waals surface area contributed by atoms with Crippen LogP contribution in [0.3, 0.4) is 0 Å². The summed E-state index contributed by atoms with van der Waals surface area (Å²) in [5.74, 6) is -0.356. The van der Waals surface area contributed by atoms with Gasteiger partial charge in [0.15, 0.2) is 0 Å². The largest absolute Gasteiger partial charge is 0.302 e. The number of aromatic amines is 2. The minimum absolute atomic E-state index is 0.0239. The number of rotatable bonds is 5. The maximum atomic E-state index is 11.5. The van der Waals surface area contributed by atoms with Gasteiger partial charge in [0.2, 0.25) is 5.91 Å². The van der Waals surface area contributed by atoms with Crippen LogP contribution in [0.4, 0.5) is 0 Å². The lowest BCUT2D eigenvalue weighted by Crippen LogP contribution is -2.19. The van der Waals surface area contributed by atoms with Gasteiger partial charge < -0.3 is 5.10 Å². The van der Waals surface area contributed by atoms with E-state index in [1.165, 1.54) is 12.3 Å². The van der Waals surface area contributed by atoms with Crippen LogP contribution in [-0.4, -0.2) is 22.3 Å². The number of hydrogen-bond donors (Lipinski definition) is 3. The lowest BCUT2D eigenvalue weighted by molar-refractivity contribution is -0.120. The molecule has 0 radical (unpaired) electrons. The highest BCUT2D eigenvalue weighted by Crippen LogP contribution is 2.07. The van der Waals surface area contributed by atoms with Crippen molar-refractivity contribution in [2.75, 3.05) is 0 Å². The number of carbonyl (C=O) groups is 1. The Hall–Kier alpha value is -2.60. The van der Waals surface area contributed by atoms with Gasteiger partial charge in [-0.3, -0.25) is 14.7 Å². The van der Waals surface area contributed by atoms with Crippen LogP contribution in [-0.2, 0) is 11.2 Å². The van der Waals surface area contributed by atoms with Crippen molar-refractivity contribution in [2.45, 2.75) is 6.42 Å². The Kier molecular flexibility index (Phi) is 5.11. The molecule has 7 heteroatoms. The Balaban J connectivity index is 1.85. The van der Waals surface area contributed by atoms with Gasteiger partial charge in [0.1, 0.15) is 0 Å². The van der Waals surface area contributed by atoms with E-state index in [9.17, 15) is 9.59 Å². The Morgan fingerprint density at radius 1 is 1.29 bits per heavy atom. The molecule has 2 aromatic rings. The van der Waals surface area contributed by atoms with Crippen molar-refractivity contribution < 1.29 is 4.79 Å². The van der Waals surface area contributed by atoms with Gasteiger partial charge in [0, 0.05) is 11.8 Å². The maximum Gasteiger partial charge on any atom is 0.264 e. The Morgan fingerprint density at radius 3 is 2.71 bits per heavy atom. The van der Waals surface area contributed by atoms with E-state index in [1.54, 1.807) is 6.08 Å². The first kappa shape index (κ1) is 14.8. The van der Waals surface area contributed by atoms with Gasteiger partial charge in [-0.1, -0.05) is 41.9 Å². The zero-order valence-electron chi connectivity index (χ0n) is 11.0. The monoisotopic (exact) mass is 304 g/mol. The third kappa shape index (κ3) is 5.12. The molecule has 6 nitrogen and oxygen atoms in total. The molecule has 0 saturated heterocycles. The first-order valence-corrected chi connectivity index (χ1v) is 6.52. The quantitative estimate of drug-likeness (QED) is 0.579. The smallest absolute Gasteiger partial charge is 0.264 e. The van der Waals surface area contributed by atoms with E-state index in [0.717, 1.165) is 5.56 Å². The van der Waals surface area contributed by atoms with Gasteiger partial charge in [0.25, 0.3) is 5.56 Å².